The lowest BCUT2D eigenvalue weighted by Gasteiger charge is -2.48. The van der Waals surface area contributed by atoms with Gasteiger partial charge in [0, 0.05) is 16.1 Å². The Kier molecular flexibility index (Phi) is 9.44. The molecular formula is C26H31Cl2NO6S. The molecule has 0 saturated carbocycles. The van der Waals surface area contributed by atoms with Gasteiger partial charge in [0.15, 0.2) is 9.84 Å². The third kappa shape index (κ3) is 6.40. The number of aliphatic carboxylic acids is 1. The van der Waals surface area contributed by atoms with Gasteiger partial charge in [-0.05, 0) is 55.2 Å². The van der Waals surface area contributed by atoms with Crippen LogP contribution in [0.15, 0.2) is 48.5 Å². The van der Waals surface area contributed by atoms with Crippen molar-refractivity contribution in [2.75, 3.05) is 5.75 Å². The summed E-state index contributed by atoms with van der Waals surface area (Å²) in [6, 6.07) is 12.4. The van der Waals surface area contributed by atoms with Crippen molar-refractivity contribution in [3.63, 3.8) is 0 Å². The number of benzene rings is 2. The Morgan fingerprint density at radius 3 is 2.28 bits per heavy atom. The highest BCUT2D eigenvalue weighted by Gasteiger charge is 2.48. The summed E-state index contributed by atoms with van der Waals surface area (Å²) < 4.78 is 32.4. The van der Waals surface area contributed by atoms with Gasteiger partial charge < -0.3 is 14.7 Å². The number of carbonyl (C=O) groups is 2. The summed E-state index contributed by atoms with van der Waals surface area (Å²) in [6.07, 6.45) is -1.81. The molecule has 0 aromatic heterocycles. The predicted molar refractivity (Wildman–Crippen MR) is 140 cm³/mol. The van der Waals surface area contributed by atoms with Crippen LogP contribution in [0.5, 0.6) is 0 Å². The number of hydrogen-bond acceptors (Lipinski definition) is 5. The molecule has 36 heavy (non-hydrogen) atoms. The molecule has 1 aliphatic heterocycles. The van der Waals surface area contributed by atoms with Gasteiger partial charge in [-0.1, -0.05) is 61.3 Å². The normalized spacial score (nSPS) is 22.3. The van der Waals surface area contributed by atoms with Crippen molar-refractivity contribution in [1.29, 1.82) is 0 Å². The van der Waals surface area contributed by atoms with Gasteiger partial charge in [0.2, 0.25) is 0 Å². The summed E-state index contributed by atoms with van der Waals surface area (Å²) in [7, 11) is -3.53. The van der Waals surface area contributed by atoms with E-state index in [1.54, 1.807) is 62.4 Å². The van der Waals surface area contributed by atoms with Crippen molar-refractivity contribution in [2.45, 2.75) is 69.6 Å². The van der Waals surface area contributed by atoms with Crippen molar-refractivity contribution >= 4 is 44.9 Å². The Bertz CT molecular complexity index is 1190. The molecule has 5 atom stereocenters. The zero-order chi connectivity index (χ0) is 26.6. The number of morpholine rings is 1. The van der Waals surface area contributed by atoms with E-state index in [1.165, 1.54) is 4.90 Å². The van der Waals surface area contributed by atoms with E-state index in [-0.39, 0.29) is 5.75 Å². The molecule has 1 fully saturated rings. The van der Waals surface area contributed by atoms with Gasteiger partial charge in [-0.25, -0.2) is 8.42 Å². The number of hydrogen-bond donors (Lipinski definition) is 1. The van der Waals surface area contributed by atoms with Gasteiger partial charge >= 0.3 is 5.97 Å². The fourth-order valence-electron chi connectivity index (χ4n) is 4.48. The second kappa shape index (κ2) is 11.9. The Morgan fingerprint density at radius 1 is 1.06 bits per heavy atom. The van der Waals surface area contributed by atoms with Crippen molar-refractivity contribution in [3.8, 4) is 0 Å². The Balaban J connectivity index is 2.20. The Labute approximate surface area is 222 Å². The number of carbonyl (C=O) groups excluding carboxylic acids is 1. The molecule has 1 N–H and O–H groups in total. The van der Waals surface area contributed by atoms with Gasteiger partial charge in [-0.15, -0.1) is 0 Å². The maximum absolute atomic E-state index is 13.8. The van der Waals surface area contributed by atoms with Gasteiger partial charge in [0.05, 0.1) is 23.5 Å². The first-order valence-electron chi connectivity index (χ1n) is 11.9. The van der Waals surface area contributed by atoms with Crippen LogP contribution in [-0.2, 0) is 24.2 Å². The molecule has 1 heterocycles. The molecule has 10 heteroatoms. The molecule has 0 unspecified atom stereocenters. The molecule has 3 rings (SSSR count). The molecule has 2 aromatic rings. The standard InChI is InChI=1S/C26H31Cl2NO6S/c1-4-16(3)36(33,34)15-21(5-2)29-24(17-9-11-19(27)12-10-17)25(18-7-6-8-20(28)13-18)35-22(26(29)32)14-23(30)31/h6-13,16,21-22,24-25H,4-5,14-15H2,1-3H3,(H,30,31)/t16-,21-,22+,24+,25+/m0/s1. The summed E-state index contributed by atoms with van der Waals surface area (Å²) in [5, 5.41) is 9.87. The number of nitrogens with zero attached hydrogens (tertiary/aromatic N) is 1. The lowest BCUT2D eigenvalue weighted by molar-refractivity contribution is -0.182. The van der Waals surface area contributed by atoms with Crippen molar-refractivity contribution < 1.29 is 27.9 Å². The fourth-order valence-corrected chi connectivity index (χ4v) is 6.57. The highest BCUT2D eigenvalue weighted by Crippen LogP contribution is 2.44. The summed E-state index contributed by atoms with van der Waals surface area (Å²) in [5.74, 6) is -1.98. The number of carboxylic acid groups (broad SMARTS) is 1. The average molecular weight is 557 g/mol. The number of rotatable bonds is 10. The van der Waals surface area contributed by atoms with Crippen LogP contribution < -0.4 is 0 Å². The lowest BCUT2D eigenvalue weighted by atomic mass is 9.89. The molecule has 1 aliphatic rings. The minimum atomic E-state index is -3.53. The van der Waals surface area contributed by atoms with Gasteiger partial charge in [0.1, 0.15) is 12.2 Å². The van der Waals surface area contributed by atoms with Crippen LogP contribution in [-0.4, -0.2) is 53.4 Å². The molecule has 7 nitrogen and oxygen atoms in total. The summed E-state index contributed by atoms with van der Waals surface area (Å²) >= 11 is 12.4. The summed E-state index contributed by atoms with van der Waals surface area (Å²) in [6.45, 7) is 5.28. The molecular weight excluding hydrogens is 525 g/mol. The van der Waals surface area contributed by atoms with Gasteiger partial charge in [0.25, 0.3) is 5.91 Å². The molecule has 0 radical (unpaired) electrons. The maximum Gasteiger partial charge on any atom is 0.306 e. The number of halogens is 2. The minimum Gasteiger partial charge on any atom is -0.481 e. The van der Waals surface area contributed by atoms with E-state index < -0.39 is 57.7 Å². The van der Waals surface area contributed by atoms with E-state index in [2.05, 4.69) is 0 Å². The maximum atomic E-state index is 13.8. The summed E-state index contributed by atoms with van der Waals surface area (Å²) in [5.41, 5.74) is 1.33. The zero-order valence-corrected chi connectivity index (χ0v) is 22.8. The monoisotopic (exact) mass is 555 g/mol. The molecule has 0 aliphatic carbocycles. The zero-order valence-electron chi connectivity index (χ0n) is 20.4. The first-order chi connectivity index (χ1) is 17.0. The summed E-state index contributed by atoms with van der Waals surface area (Å²) in [4.78, 5) is 26.9. The van der Waals surface area contributed by atoms with E-state index >= 15 is 0 Å². The van der Waals surface area contributed by atoms with Crippen LogP contribution in [0.3, 0.4) is 0 Å². The van der Waals surface area contributed by atoms with Crippen LogP contribution in [0.2, 0.25) is 10.0 Å². The lowest BCUT2D eigenvalue weighted by Crippen LogP contribution is -2.56. The fraction of sp³-hybridized carbons (Fsp3) is 0.462. The van der Waals surface area contributed by atoms with Crippen LogP contribution in [0, 0.1) is 0 Å². The van der Waals surface area contributed by atoms with E-state index in [0.29, 0.717) is 34.0 Å². The third-order valence-corrected chi connectivity index (χ3v) is 9.55. The molecule has 0 spiro atoms. The van der Waals surface area contributed by atoms with E-state index in [4.69, 9.17) is 27.9 Å². The van der Waals surface area contributed by atoms with Crippen LogP contribution in [0.1, 0.15) is 63.3 Å². The number of sulfone groups is 1. The highest BCUT2D eigenvalue weighted by molar-refractivity contribution is 7.92. The van der Waals surface area contributed by atoms with Crippen LogP contribution in [0.25, 0.3) is 0 Å². The van der Waals surface area contributed by atoms with Crippen LogP contribution >= 0.6 is 23.2 Å². The largest absolute Gasteiger partial charge is 0.481 e. The predicted octanol–water partition coefficient (Wildman–Crippen LogP) is 5.47. The average Bonchev–Trinajstić information content (AvgIpc) is 2.83. The molecule has 0 bridgehead atoms. The minimum absolute atomic E-state index is 0.240. The number of ether oxygens (including phenoxy) is 1. The second-order valence-corrected chi connectivity index (χ2v) is 12.4. The van der Waals surface area contributed by atoms with Gasteiger partial charge in [-0.3, -0.25) is 9.59 Å². The van der Waals surface area contributed by atoms with Crippen molar-refractivity contribution in [3.05, 3.63) is 69.7 Å². The van der Waals surface area contributed by atoms with E-state index in [0.717, 1.165) is 0 Å². The number of carboxylic acids is 1. The first kappa shape index (κ1) is 28.4. The molecule has 2 aromatic carbocycles. The quantitative estimate of drug-likeness (QED) is 0.417. The van der Waals surface area contributed by atoms with Crippen molar-refractivity contribution in [1.82, 2.24) is 4.90 Å². The third-order valence-electron chi connectivity index (χ3n) is 6.65. The number of amides is 1. The molecule has 1 saturated heterocycles. The van der Waals surface area contributed by atoms with Crippen LogP contribution in [0.4, 0.5) is 0 Å². The smallest absolute Gasteiger partial charge is 0.306 e. The molecule has 196 valence electrons. The van der Waals surface area contributed by atoms with E-state index in [1.807, 2.05) is 6.92 Å². The van der Waals surface area contributed by atoms with E-state index in [9.17, 15) is 23.1 Å². The van der Waals surface area contributed by atoms with Crippen molar-refractivity contribution in [2.24, 2.45) is 0 Å². The SMILES string of the molecule is CC[C@@H](CS(=O)(=O)[C@@H](C)CC)N1C(=O)[C@@H](CC(=O)O)O[C@H](c2cccc(Cl)c2)[C@H]1c1ccc(Cl)cc1. The Hall–Kier alpha value is -2.13. The highest BCUT2D eigenvalue weighted by atomic mass is 35.5. The molecule has 1 amide bonds. The topological polar surface area (TPSA) is 101 Å². The Morgan fingerprint density at radius 2 is 1.72 bits per heavy atom. The first-order valence-corrected chi connectivity index (χ1v) is 14.4. The van der Waals surface area contributed by atoms with Gasteiger partial charge in [-0.2, -0.15) is 0 Å². The second-order valence-electron chi connectivity index (χ2n) is 9.05.